The molecule has 2 unspecified atom stereocenters. The van der Waals surface area contributed by atoms with Crippen LogP contribution in [0.4, 0.5) is 4.39 Å². The van der Waals surface area contributed by atoms with Crippen LogP contribution in [0.1, 0.15) is 31.4 Å². The second kappa shape index (κ2) is 5.78. The van der Waals surface area contributed by atoms with Crippen LogP contribution in [0.2, 0.25) is 0 Å². The Morgan fingerprint density at radius 1 is 1.50 bits per heavy atom. The lowest BCUT2D eigenvalue weighted by Gasteiger charge is -2.27. The number of hydrogen-bond acceptors (Lipinski definition) is 3. The van der Waals surface area contributed by atoms with Crippen molar-refractivity contribution in [2.75, 3.05) is 19.7 Å². The molecule has 0 spiro atoms. The van der Waals surface area contributed by atoms with Gasteiger partial charge < -0.3 is 15.8 Å². The summed E-state index contributed by atoms with van der Waals surface area (Å²) in [7, 11) is 0. The van der Waals surface area contributed by atoms with E-state index in [4.69, 9.17) is 10.5 Å². The zero-order chi connectivity index (χ0) is 13.0. The van der Waals surface area contributed by atoms with E-state index in [2.05, 4.69) is 12.2 Å². The lowest BCUT2D eigenvalue weighted by molar-refractivity contribution is 0.0188. The highest BCUT2D eigenvalue weighted by atomic mass is 19.1. The van der Waals surface area contributed by atoms with E-state index in [1.54, 1.807) is 12.1 Å². The maximum Gasteiger partial charge on any atom is 0.128 e. The summed E-state index contributed by atoms with van der Waals surface area (Å²) in [6, 6.07) is 6.60. The Morgan fingerprint density at radius 2 is 2.28 bits per heavy atom. The number of nitrogens with one attached hydrogen (secondary N) is 1. The molecule has 3 N–H and O–H groups in total. The molecule has 1 aliphatic rings. The highest BCUT2D eigenvalue weighted by Gasteiger charge is 2.30. The van der Waals surface area contributed by atoms with Crippen LogP contribution in [0.5, 0.6) is 0 Å². The van der Waals surface area contributed by atoms with Gasteiger partial charge >= 0.3 is 0 Å². The zero-order valence-electron chi connectivity index (χ0n) is 10.8. The summed E-state index contributed by atoms with van der Waals surface area (Å²) in [4.78, 5) is 0. The zero-order valence-corrected chi connectivity index (χ0v) is 10.8. The minimum atomic E-state index is -0.210. The first kappa shape index (κ1) is 13.5. The van der Waals surface area contributed by atoms with Crippen LogP contribution in [-0.4, -0.2) is 25.3 Å². The molecule has 0 aliphatic carbocycles. The van der Waals surface area contributed by atoms with Crippen LogP contribution >= 0.6 is 0 Å². The second-order valence-electron chi connectivity index (χ2n) is 5.09. The van der Waals surface area contributed by atoms with Gasteiger partial charge in [-0.3, -0.25) is 0 Å². The summed E-state index contributed by atoms with van der Waals surface area (Å²) in [5.74, 6) is -0.210. The van der Waals surface area contributed by atoms with Gasteiger partial charge in [-0.1, -0.05) is 18.2 Å². The van der Waals surface area contributed by atoms with Crippen LogP contribution in [0.15, 0.2) is 24.3 Å². The lowest BCUT2D eigenvalue weighted by Crippen LogP contribution is -2.41. The molecule has 0 amide bonds. The molecule has 0 radical (unpaired) electrons. The average Bonchev–Trinajstić information content (AvgIpc) is 2.79. The lowest BCUT2D eigenvalue weighted by atomic mass is 10.0. The number of hydrogen-bond donors (Lipinski definition) is 2. The molecular weight excluding hydrogens is 231 g/mol. The summed E-state index contributed by atoms with van der Waals surface area (Å²) in [6.45, 7) is 3.97. The maximum atomic E-state index is 13.7. The Kier molecular flexibility index (Phi) is 4.32. The van der Waals surface area contributed by atoms with Crippen molar-refractivity contribution in [1.82, 2.24) is 5.32 Å². The molecule has 2 atom stereocenters. The van der Waals surface area contributed by atoms with Crippen molar-refractivity contribution < 1.29 is 9.13 Å². The van der Waals surface area contributed by atoms with Crippen molar-refractivity contribution in [3.05, 3.63) is 35.6 Å². The number of halogens is 1. The topological polar surface area (TPSA) is 47.3 Å². The number of benzene rings is 1. The second-order valence-corrected chi connectivity index (χ2v) is 5.09. The summed E-state index contributed by atoms with van der Waals surface area (Å²) in [5.41, 5.74) is 6.22. The van der Waals surface area contributed by atoms with Crippen molar-refractivity contribution in [3.63, 3.8) is 0 Å². The number of nitrogens with two attached hydrogens (primary N) is 1. The van der Waals surface area contributed by atoms with E-state index >= 15 is 0 Å². The van der Waals surface area contributed by atoms with E-state index in [-0.39, 0.29) is 17.5 Å². The van der Waals surface area contributed by atoms with Gasteiger partial charge in [-0.15, -0.1) is 0 Å². The minimum absolute atomic E-state index is 0.140. The summed E-state index contributed by atoms with van der Waals surface area (Å²) in [5, 5.41) is 3.32. The molecule has 1 aromatic rings. The van der Waals surface area contributed by atoms with Gasteiger partial charge in [0, 0.05) is 31.3 Å². The third-order valence-electron chi connectivity index (χ3n) is 3.54. The number of ether oxygens (including phenoxy) is 1. The molecular formula is C14H21FN2O. The third-order valence-corrected chi connectivity index (χ3v) is 3.54. The average molecular weight is 252 g/mol. The van der Waals surface area contributed by atoms with E-state index in [0.29, 0.717) is 18.7 Å². The van der Waals surface area contributed by atoms with Gasteiger partial charge in [-0.05, 0) is 25.8 Å². The molecule has 0 aromatic heterocycles. The molecule has 0 saturated carbocycles. The Labute approximate surface area is 108 Å². The number of rotatable bonds is 5. The van der Waals surface area contributed by atoms with Gasteiger partial charge in [0.2, 0.25) is 0 Å². The predicted molar refractivity (Wildman–Crippen MR) is 69.8 cm³/mol. The molecule has 3 nitrogen and oxygen atoms in total. The molecule has 4 heteroatoms. The quantitative estimate of drug-likeness (QED) is 0.842. The fourth-order valence-corrected chi connectivity index (χ4v) is 2.39. The fourth-order valence-electron chi connectivity index (χ4n) is 2.39. The van der Waals surface area contributed by atoms with E-state index < -0.39 is 0 Å². The highest BCUT2D eigenvalue weighted by Crippen LogP contribution is 2.25. The Balaban J connectivity index is 1.99. The Hall–Kier alpha value is -0.970. The van der Waals surface area contributed by atoms with Crippen LogP contribution in [0.3, 0.4) is 0 Å². The fraction of sp³-hybridized carbons (Fsp3) is 0.571. The first-order valence-corrected chi connectivity index (χ1v) is 6.46. The summed E-state index contributed by atoms with van der Waals surface area (Å²) < 4.78 is 19.4. The van der Waals surface area contributed by atoms with Crippen LogP contribution in [0.25, 0.3) is 0 Å². The first-order chi connectivity index (χ1) is 8.64. The minimum Gasteiger partial charge on any atom is -0.374 e. The van der Waals surface area contributed by atoms with Crippen molar-refractivity contribution >= 4 is 0 Å². The van der Waals surface area contributed by atoms with Gasteiger partial charge in [0.1, 0.15) is 5.82 Å². The third kappa shape index (κ3) is 3.07. The molecule has 2 rings (SSSR count). The normalized spacial score (nSPS) is 25.3. The van der Waals surface area contributed by atoms with Gasteiger partial charge in [-0.2, -0.15) is 0 Å². The standard InChI is InChI=1S/C14H21FN2O/c1-14(7-4-8-18-14)10-17-13(9-16)11-5-2-3-6-12(11)15/h2-3,5-6,13,17H,4,7-10,16H2,1H3. The Morgan fingerprint density at radius 3 is 2.89 bits per heavy atom. The summed E-state index contributed by atoms with van der Waals surface area (Å²) >= 11 is 0. The monoisotopic (exact) mass is 252 g/mol. The van der Waals surface area contributed by atoms with E-state index in [0.717, 1.165) is 19.4 Å². The van der Waals surface area contributed by atoms with Crippen LogP contribution in [-0.2, 0) is 4.74 Å². The van der Waals surface area contributed by atoms with Gasteiger partial charge in [0.05, 0.1) is 5.60 Å². The molecule has 1 fully saturated rings. The molecule has 18 heavy (non-hydrogen) atoms. The van der Waals surface area contributed by atoms with E-state index in [1.807, 2.05) is 6.07 Å². The highest BCUT2D eigenvalue weighted by molar-refractivity contribution is 5.21. The van der Waals surface area contributed by atoms with Gasteiger partial charge in [0.25, 0.3) is 0 Å². The van der Waals surface area contributed by atoms with E-state index in [1.165, 1.54) is 6.07 Å². The van der Waals surface area contributed by atoms with E-state index in [9.17, 15) is 4.39 Å². The van der Waals surface area contributed by atoms with Crippen molar-refractivity contribution in [2.24, 2.45) is 5.73 Å². The predicted octanol–water partition coefficient (Wildman–Crippen LogP) is 1.98. The molecule has 0 bridgehead atoms. The summed E-state index contributed by atoms with van der Waals surface area (Å²) in [6.07, 6.45) is 2.12. The van der Waals surface area contributed by atoms with Gasteiger partial charge in [0.15, 0.2) is 0 Å². The SMILES string of the molecule is CC1(CNC(CN)c2ccccc2F)CCCO1. The van der Waals surface area contributed by atoms with Crippen molar-refractivity contribution in [1.29, 1.82) is 0 Å². The first-order valence-electron chi connectivity index (χ1n) is 6.46. The van der Waals surface area contributed by atoms with Crippen LogP contribution in [0, 0.1) is 5.82 Å². The van der Waals surface area contributed by atoms with Crippen molar-refractivity contribution in [3.8, 4) is 0 Å². The van der Waals surface area contributed by atoms with Crippen LogP contribution < -0.4 is 11.1 Å². The Bertz CT molecular complexity index is 391. The van der Waals surface area contributed by atoms with Gasteiger partial charge in [-0.25, -0.2) is 4.39 Å². The molecule has 1 aliphatic heterocycles. The largest absolute Gasteiger partial charge is 0.374 e. The molecule has 100 valence electrons. The molecule has 1 heterocycles. The smallest absolute Gasteiger partial charge is 0.128 e. The van der Waals surface area contributed by atoms with Crippen molar-refractivity contribution in [2.45, 2.75) is 31.4 Å². The molecule has 1 aromatic carbocycles. The maximum absolute atomic E-state index is 13.7. The molecule has 1 saturated heterocycles.